The van der Waals surface area contributed by atoms with Crippen molar-refractivity contribution in [3.8, 4) is 0 Å². The standard InChI is InChI=1S/C22H36N2/c1-2-20-11-8-12-22(17-20)19-24(16-15-23-13-6-7-14-23)18-21-9-4-3-5-10-21/h8,11-12,17,21H,2-7,9-10,13-16,18-19H2,1H3. The molecule has 0 spiro atoms. The van der Waals surface area contributed by atoms with Crippen molar-refractivity contribution in [1.29, 1.82) is 0 Å². The summed E-state index contributed by atoms with van der Waals surface area (Å²) in [6.07, 6.45) is 11.2. The van der Waals surface area contributed by atoms with Crippen molar-refractivity contribution in [3.05, 3.63) is 35.4 Å². The lowest BCUT2D eigenvalue weighted by atomic mass is 9.89. The van der Waals surface area contributed by atoms with E-state index in [0.717, 1.165) is 18.9 Å². The van der Waals surface area contributed by atoms with Gasteiger partial charge in [-0.15, -0.1) is 0 Å². The highest BCUT2D eigenvalue weighted by atomic mass is 15.2. The van der Waals surface area contributed by atoms with Gasteiger partial charge in [-0.2, -0.15) is 0 Å². The van der Waals surface area contributed by atoms with Crippen molar-refractivity contribution < 1.29 is 0 Å². The first-order valence-corrected chi connectivity index (χ1v) is 10.4. The molecule has 0 bridgehead atoms. The van der Waals surface area contributed by atoms with Crippen LogP contribution in [0.25, 0.3) is 0 Å². The summed E-state index contributed by atoms with van der Waals surface area (Å²) in [5, 5.41) is 0. The molecule has 2 heteroatoms. The van der Waals surface area contributed by atoms with Gasteiger partial charge in [-0.1, -0.05) is 50.5 Å². The molecule has 3 rings (SSSR count). The summed E-state index contributed by atoms with van der Waals surface area (Å²) < 4.78 is 0. The van der Waals surface area contributed by atoms with Crippen LogP contribution in [0.15, 0.2) is 24.3 Å². The van der Waals surface area contributed by atoms with Gasteiger partial charge in [0, 0.05) is 26.2 Å². The van der Waals surface area contributed by atoms with Crippen LogP contribution in [0.4, 0.5) is 0 Å². The van der Waals surface area contributed by atoms with E-state index in [4.69, 9.17) is 0 Å². The maximum atomic E-state index is 2.75. The number of rotatable bonds is 8. The second kappa shape index (κ2) is 9.58. The predicted molar refractivity (Wildman–Crippen MR) is 103 cm³/mol. The molecule has 0 atom stereocenters. The van der Waals surface area contributed by atoms with Gasteiger partial charge < -0.3 is 4.90 Å². The van der Waals surface area contributed by atoms with Crippen LogP contribution in [0.1, 0.15) is 63.0 Å². The van der Waals surface area contributed by atoms with Crippen molar-refractivity contribution in [3.63, 3.8) is 0 Å². The molecule has 1 aliphatic heterocycles. The third-order valence-corrected chi connectivity index (χ3v) is 5.98. The number of benzene rings is 1. The summed E-state index contributed by atoms with van der Waals surface area (Å²) in [7, 11) is 0. The Morgan fingerprint density at radius 1 is 1.00 bits per heavy atom. The molecule has 1 heterocycles. The highest BCUT2D eigenvalue weighted by molar-refractivity contribution is 5.23. The number of likely N-dealkylation sites (tertiary alicyclic amines) is 1. The SMILES string of the molecule is CCc1cccc(CN(CCN2CCCC2)CC2CCCCC2)c1. The minimum Gasteiger partial charge on any atom is -0.302 e. The van der Waals surface area contributed by atoms with Gasteiger partial charge in [-0.3, -0.25) is 4.90 Å². The Kier molecular flexibility index (Phi) is 7.16. The number of aryl methyl sites for hydroxylation is 1. The molecule has 134 valence electrons. The summed E-state index contributed by atoms with van der Waals surface area (Å²) in [6.45, 7) is 9.85. The highest BCUT2D eigenvalue weighted by Crippen LogP contribution is 2.25. The second-order valence-corrected chi connectivity index (χ2v) is 7.96. The minimum atomic E-state index is 0.937. The molecule has 0 amide bonds. The summed E-state index contributed by atoms with van der Waals surface area (Å²) in [5.74, 6) is 0.937. The fourth-order valence-corrected chi connectivity index (χ4v) is 4.46. The van der Waals surface area contributed by atoms with Crippen molar-refractivity contribution in [2.24, 2.45) is 5.92 Å². The van der Waals surface area contributed by atoms with Crippen molar-refractivity contribution in [2.45, 2.75) is 64.8 Å². The monoisotopic (exact) mass is 328 g/mol. The average Bonchev–Trinajstić information content (AvgIpc) is 3.14. The van der Waals surface area contributed by atoms with E-state index < -0.39 is 0 Å². The molecule has 1 saturated carbocycles. The fourth-order valence-electron chi connectivity index (χ4n) is 4.46. The minimum absolute atomic E-state index is 0.937. The number of nitrogens with zero attached hydrogens (tertiary/aromatic N) is 2. The summed E-state index contributed by atoms with van der Waals surface area (Å²) >= 11 is 0. The van der Waals surface area contributed by atoms with Crippen LogP contribution in [0, 0.1) is 5.92 Å². The summed E-state index contributed by atoms with van der Waals surface area (Å²) in [4.78, 5) is 5.42. The Hall–Kier alpha value is -0.860. The molecule has 1 aromatic rings. The van der Waals surface area contributed by atoms with E-state index in [-0.39, 0.29) is 0 Å². The van der Waals surface area contributed by atoms with E-state index in [1.807, 2.05) is 0 Å². The third kappa shape index (κ3) is 5.60. The van der Waals surface area contributed by atoms with Gasteiger partial charge in [0.15, 0.2) is 0 Å². The van der Waals surface area contributed by atoms with E-state index in [9.17, 15) is 0 Å². The van der Waals surface area contributed by atoms with Gasteiger partial charge in [-0.05, 0) is 62.2 Å². The maximum Gasteiger partial charge on any atom is 0.0234 e. The summed E-state index contributed by atoms with van der Waals surface area (Å²) in [5.41, 5.74) is 2.98. The molecule has 1 saturated heterocycles. The molecule has 0 radical (unpaired) electrons. The van der Waals surface area contributed by atoms with Crippen molar-refractivity contribution in [2.75, 3.05) is 32.7 Å². The quantitative estimate of drug-likeness (QED) is 0.681. The van der Waals surface area contributed by atoms with E-state index in [1.54, 1.807) is 0 Å². The second-order valence-electron chi connectivity index (χ2n) is 7.96. The molecule has 24 heavy (non-hydrogen) atoms. The average molecular weight is 329 g/mol. The van der Waals surface area contributed by atoms with Crippen LogP contribution >= 0.6 is 0 Å². The van der Waals surface area contributed by atoms with Gasteiger partial charge >= 0.3 is 0 Å². The van der Waals surface area contributed by atoms with E-state index >= 15 is 0 Å². The lowest BCUT2D eigenvalue weighted by Crippen LogP contribution is -2.36. The Bertz CT molecular complexity index is 473. The third-order valence-electron chi connectivity index (χ3n) is 5.98. The molecule has 0 aromatic heterocycles. The topological polar surface area (TPSA) is 6.48 Å². The first kappa shape index (κ1) is 17.9. The Balaban J connectivity index is 1.58. The molecule has 2 aliphatic rings. The van der Waals surface area contributed by atoms with Crippen molar-refractivity contribution >= 4 is 0 Å². The zero-order valence-electron chi connectivity index (χ0n) is 15.7. The molecular weight excluding hydrogens is 292 g/mol. The smallest absolute Gasteiger partial charge is 0.0234 e. The first-order valence-electron chi connectivity index (χ1n) is 10.4. The normalized spacial score (nSPS) is 20.1. The molecule has 1 aliphatic carbocycles. The zero-order chi connectivity index (χ0) is 16.6. The van der Waals surface area contributed by atoms with Gasteiger partial charge in [0.25, 0.3) is 0 Å². The van der Waals surface area contributed by atoms with E-state index in [1.165, 1.54) is 88.8 Å². The zero-order valence-corrected chi connectivity index (χ0v) is 15.7. The molecular formula is C22H36N2. The lowest BCUT2D eigenvalue weighted by molar-refractivity contribution is 0.172. The Morgan fingerprint density at radius 3 is 2.50 bits per heavy atom. The van der Waals surface area contributed by atoms with Gasteiger partial charge in [0.2, 0.25) is 0 Å². The van der Waals surface area contributed by atoms with Crippen LogP contribution in [0.3, 0.4) is 0 Å². The van der Waals surface area contributed by atoms with Crippen LogP contribution in [-0.2, 0) is 13.0 Å². The van der Waals surface area contributed by atoms with E-state index in [2.05, 4.69) is 41.0 Å². The lowest BCUT2D eigenvalue weighted by Gasteiger charge is -2.31. The van der Waals surface area contributed by atoms with Crippen LogP contribution in [-0.4, -0.2) is 42.5 Å². The molecule has 1 aromatic carbocycles. The number of hydrogen-bond donors (Lipinski definition) is 0. The van der Waals surface area contributed by atoms with Crippen LogP contribution in [0.5, 0.6) is 0 Å². The molecule has 2 fully saturated rings. The maximum absolute atomic E-state index is 2.75. The number of hydrogen-bond acceptors (Lipinski definition) is 2. The van der Waals surface area contributed by atoms with Crippen molar-refractivity contribution in [1.82, 2.24) is 9.80 Å². The molecule has 0 N–H and O–H groups in total. The summed E-state index contributed by atoms with van der Waals surface area (Å²) in [6, 6.07) is 9.25. The molecule has 2 nitrogen and oxygen atoms in total. The largest absolute Gasteiger partial charge is 0.302 e. The van der Waals surface area contributed by atoms with Crippen LogP contribution < -0.4 is 0 Å². The first-order chi connectivity index (χ1) is 11.8. The highest BCUT2D eigenvalue weighted by Gasteiger charge is 2.19. The van der Waals surface area contributed by atoms with Gasteiger partial charge in [-0.25, -0.2) is 0 Å². The molecule has 0 unspecified atom stereocenters. The van der Waals surface area contributed by atoms with Crippen LogP contribution in [0.2, 0.25) is 0 Å². The Labute approximate surface area is 149 Å². The predicted octanol–water partition coefficient (Wildman–Crippen LogP) is 4.73. The van der Waals surface area contributed by atoms with Gasteiger partial charge in [0.1, 0.15) is 0 Å². The van der Waals surface area contributed by atoms with Gasteiger partial charge in [0.05, 0.1) is 0 Å². The fraction of sp³-hybridized carbons (Fsp3) is 0.727. The van der Waals surface area contributed by atoms with E-state index in [0.29, 0.717) is 0 Å². The Morgan fingerprint density at radius 2 is 1.75 bits per heavy atom.